The SMILES string of the molecule is FC(F)(F)/C(Cl)=C/CCOCCCCOc1c(Cl)cc(OCC=C(Cl)Cl)cc1Cl. The van der Waals surface area contributed by atoms with Gasteiger partial charge in [-0.25, -0.2) is 0 Å². The van der Waals surface area contributed by atoms with Crippen molar-refractivity contribution in [2.45, 2.75) is 25.4 Å². The largest absolute Gasteiger partial charge is 0.490 e. The van der Waals surface area contributed by atoms with Crippen LogP contribution in [0, 0.1) is 0 Å². The van der Waals surface area contributed by atoms with Gasteiger partial charge < -0.3 is 14.2 Å². The van der Waals surface area contributed by atoms with Crippen LogP contribution in [0.15, 0.2) is 33.8 Å². The van der Waals surface area contributed by atoms with Gasteiger partial charge in [0.1, 0.15) is 21.9 Å². The standard InChI is InChI=1S/C18H18Cl5F3O3/c19-13-10-12(28-9-5-16(22)23)11-14(20)17(13)29-8-2-1-6-27-7-3-4-15(21)18(24,25)26/h4-5,10-11H,1-3,6-9H2/b15-4-. The quantitative estimate of drug-likeness (QED) is 0.264. The Hall–Kier alpha value is -0.500. The van der Waals surface area contributed by atoms with Crippen molar-refractivity contribution in [2.75, 3.05) is 26.4 Å². The second kappa shape index (κ2) is 13.7. The highest BCUT2D eigenvalue weighted by molar-refractivity contribution is 6.55. The molecule has 11 heteroatoms. The Labute approximate surface area is 192 Å². The Kier molecular flexibility index (Phi) is 12.6. The van der Waals surface area contributed by atoms with Crippen molar-refractivity contribution >= 4 is 58.0 Å². The Balaban J connectivity index is 2.27. The summed E-state index contributed by atoms with van der Waals surface area (Å²) in [5.74, 6) is 0.769. The molecule has 164 valence electrons. The van der Waals surface area contributed by atoms with Crippen LogP contribution >= 0.6 is 58.0 Å². The Bertz CT molecular complexity index is 681. The molecule has 0 aliphatic rings. The number of allylic oxidation sites excluding steroid dienone is 1. The fourth-order valence-electron chi connectivity index (χ4n) is 1.93. The van der Waals surface area contributed by atoms with Crippen molar-refractivity contribution in [3.8, 4) is 11.5 Å². The average molecular weight is 517 g/mol. The number of unbranched alkanes of at least 4 members (excludes halogenated alkanes) is 1. The average Bonchev–Trinajstić information content (AvgIpc) is 2.60. The third-order valence-electron chi connectivity index (χ3n) is 3.25. The molecule has 0 spiro atoms. The van der Waals surface area contributed by atoms with Gasteiger partial charge in [-0.05, 0) is 25.3 Å². The summed E-state index contributed by atoms with van der Waals surface area (Å²) in [5, 5.41) is -0.560. The zero-order valence-electron chi connectivity index (χ0n) is 15.0. The van der Waals surface area contributed by atoms with Crippen molar-refractivity contribution in [3.05, 3.63) is 43.9 Å². The lowest BCUT2D eigenvalue weighted by molar-refractivity contribution is -0.0848. The Morgan fingerprint density at radius 2 is 1.52 bits per heavy atom. The van der Waals surface area contributed by atoms with E-state index in [0.29, 0.717) is 37.6 Å². The maximum Gasteiger partial charge on any atom is 0.426 e. The van der Waals surface area contributed by atoms with Crippen molar-refractivity contribution < 1.29 is 27.4 Å². The smallest absolute Gasteiger partial charge is 0.426 e. The second-order valence-corrected chi connectivity index (χ2v) is 7.76. The van der Waals surface area contributed by atoms with Gasteiger partial charge in [-0.1, -0.05) is 64.1 Å². The first-order valence-electron chi connectivity index (χ1n) is 8.37. The van der Waals surface area contributed by atoms with E-state index in [2.05, 4.69) is 0 Å². The minimum absolute atomic E-state index is 0.0847. The molecule has 0 fully saturated rings. The summed E-state index contributed by atoms with van der Waals surface area (Å²) in [4.78, 5) is 0. The highest BCUT2D eigenvalue weighted by Gasteiger charge is 2.31. The zero-order valence-corrected chi connectivity index (χ0v) is 18.8. The number of hydrogen-bond donors (Lipinski definition) is 0. The second-order valence-electron chi connectivity index (χ2n) is 5.53. The minimum Gasteiger partial charge on any atom is -0.490 e. The molecule has 0 aliphatic heterocycles. The highest BCUT2D eigenvalue weighted by atomic mass is 35.5. The zero-order chi connectivity index (χ0) is 21.9. The number of ether oxygens (including phenoxy) is 3. The summed E-state index contributed by atoms with van der Waals surface area (Å²) >= 11 is 28.4. The molecule has 29 heavy (non-hydrogen) atoms. The molecule has 0 aliphatic carbocycles. The molecule has 0 N–H and O–H groups in total. The van der Waals surface area contributed by atoms with E-state index in [1.165, 1.54) is 6.08 Å². The third-order valence-corrected chi connectivity index (χ3v) is 4.48. The van der Waals surface area contributed by atoms with Gasteiger partial charge in [-0.2, -0.15) is 13.2 Å². The van der Waals surface area contributed by atoms with Gasteiger partial charge in [0.05, 0.1) is 23.3 Å². The van der Waals surface area contributed by atoms with E-state index in [4.69, 9.17) is 72.2 Å². The van der Waals surface area contributed by atoms with Crippen LogP contribution in [0.3, 0.4) is 0 Å². The van der Waals surface area contributed by atoms with Crippen LogP contribution in [0.2, 0.25) is 10.0 Å². The molecular formula is C18H18Cl5F3O3. The van der Waals surface area contributed by atoms with Crippen molar-refractivity contribution in [2.24, 2.45) is 0 Å². The molecule has 0 heterocycles. The monoisotopic (exact) mass is 514 g/mol. The highest BCUT2D eigenvalue weighted by Crippen LogP contribution is 2.37. The Morgan fingerprint density at radius 1 is 0.897 bits per heavy atom. The van der Waals surface area contributed by atoms with Gasteiger partial charge >= 0.3 is 6.18 Å². The third kappa shape index (κ3) is 11.5. The maximum absolute atomic E-state index is 12.2. The first kappa shape index (κ1) is 26.5. The van der Waals surface area contributed by atoms with Gasteiger partial charge in [-0.15, -0.1) is 0 Å². The van der Waals surface area contributed by atoms with E-state index in [9.17, 15) is 13.2 Å². The van der Waals surface area contributed by atoms with Crippen molar-refractivity contribution in [1.29, 1.82) is 0 Å². The molecule has 1 rings (SSSR count). The minimum atomic E-state index is -4.51. The first-order chi connectivity index (χ1) is 13.6. The topological polar surface area (TPSA) is 27.7 Å². The molecule has 0 unspecified atom stereocenters. The lowest BCUT2D eigenvalue weighted by Crippen LogP contribution is -2.07. The van der Waals surface area contributed by atoms with E-state index in [1.807, 2.05) is 0 Å². The molecular weight excluding hydrogens is 498 g/mol. The number of halogens is 8. The van der Waals surface area contributed by atoms with Crippen molar-refractivity contribution in [1.82, 2.24) is 0 Å². The fourth-order valence-corrected chi connectivity index (χ4v) is 2.74. The van der Waals surface area contributed by atoms with Crippen molar-refractivity contribution in [3.63, 3.8) is 0 Å². The van der Waals surface area contributed by atoms with Gasteiger partial charge in [-0.3, -0.25) is 0 Å². The molecule has 1 aromatic rings. The number of rotatable bonds is 12. The number of alkyl halides is 3. The van der Waals surface area contributed by atoms with Crippen LogP contribution in [0.4, 0.5) is 13.2 Å². The molecule has 0 bridgehead atoms. The molecule has 0 saturated carbocycles. The van der Waals surface area contributed by atoms with E-state index >= 15 is 0 Å². The van der Waals surface area contributed by atoms with Crippen LogP contribution in [0.25, 0.3) is 0 Å². The number of benzene rings is 1. The van der Waals surface area contributed by atoms with Crippen LogP contribution in [-0.4, -0.2) is 32.6 Å². The normalized spacial score (nSPS) is 12.1. The van der Waals surface area contributed by atoms with E-state index < -0.39 is 11.2 Å². The van der Waals surface area contributed by atoms with Crippen LogP contribution < -0.4 is 9.47 Å². The molecule has 1 aromatic carbocycles. The summed E-state index contributed by atoms with van der Waals surface area (Å²) in [6.45, 7) is 1.03. The summed E-state index contributed by atoms with van der Waals surface area (Å²) in [7, 11) is 0. The number of hydrogen-bond acceptors (Lipinski definition) is 3. The summed E-state index contributed by atoms with van der Waals surface area (Å²) in [6, 6.07) is 3.11. The maximum atomic E-state index is 12.2. The first-order valence-corrected chi connectivity index (χ1v) is 10.3. The van der Waals surface area contributed by atoms with Gasteiger partial charge in [0.2, 0.25) is 0 Å². The fraction of sp³-hybridized carbons (Fsp3) is 0.444. The van der Waals surface area contributed by atoms with Crippen LogP contribution in [0.5, 0.6) is 11.5 Å². The predicted molar refractivity (Wildman–Crippen MR) is 112 cm³/mol. The van der Waals surface area contributed by atoms with Gasteiger partial charge in [0, 0.05) is 18.7 Å². The summed E-state index contributed by atoms with van der Waals surface area (Å²) in [6.07, 6.45) is -0.773. The summed E-state index contributed by atoms with van der Waals surface area (Å²) < 4.78 is 52.8. The lowest BCUT2D eigenvalue weighted by Gasteiger charge is -2.12. The van der Waals surface area contributed by atoms with Crippen LogP contribution in [0.1, 0.15) is 19.3 Å². The predicted octanol–water partition coefficient (Wildman–Crippen LogP) is 7.94. The molecule has 0 aromatic heterocycles. The van der Waals surface area contributed by atoms with Crippen LogP contribution in [-0.2, 0) is 4.74 Å². The molecule has 3 nitrogen and oxygen atoms in total. The van der Waals surface area contributed by atoms with Gasteiger partial charge in [0.25, 0.3) is 0 Å². The van der Waals surface area contributed by atoms with E-state index in [-0.39, 0.29) is 34.2 Å². The van der Waals surface area contributed by atoms with Gasteiger partial charge in [0.15, 0.2) is 5.75 Å². The molecule has 0 saturated heterocycles. The molecule has 0 radical (unpaired) electrons. The molecule has 0 amide bonds. The Morgan fingerprint density at radius 3 is 2.10 bits per heavy atom. The summed E-state index contributed by atoms with van der Waals surface area (Å²) in [5.41, 5.74) is 0. The van der Waals surface area contributed by atoms with E-state index in [1.54, 1.807) is 12.1 Å². The molecule has 0 atom stereocenters. The van der Waals surface area contributed by atoms with E-state index in [0.717, 1.165) is 6.08 Å². The lowest BCUT2D eigenvalue weighted by atomic mass is 10.3.